The smallest absolute Gasteiger partial charge is 0.0405 e. The third kappa shape index (κ3) is 5.90. The van der Waals surface area contributed by atoms with Gasteiger partial charge in [-0.2, -0.15) is 0 Å². The molecule has 18 heavy (non-hydrogen) atoms. The number of hydrogen-bond acceptors (Lipinski definition) is 1. The molecule has 0 saturated heterocycles. The number of benzene rings is 1. The van der Waals surface area contributed by atoms with Crippen LogP contribution in [0, 0.1) is 0 Å². The Bertz CT molecular complexity index is 316. The van der Waals surface area contributed by atoms with Gasteiger partial charge >= 0.3 is 0 Å². The van der Waals surface area contributed by atoms with Crippen LogP contribution in [0.3, 0.4) is 0 Å². The second-order valence-electron chi connectivity index (χ2n) is 4.76. The van der Waals surface area contributed by atoms with Crippen LogP contribution in [-0.2, 0) is 0 Å². The molecule has 0 aliphatic carbocycles. The number of allylic oxidation sites excluding steroid dienone is 1. The summed E-state index contributed by atoms with van der Waals surface area (Å²) < 4.78 is 0. The number of hydrogen-bond donors (Lipinski definition) is 0. The van der Waals surface area contributed by atoms with Gasteiger partial charge in [0.25, 0.3) is 0 Å². The van der Waals surface area contributed by atoms with Crippen LogP contribution in [0.2, 0.25) is 0 Å². The van der Waals surface area contributed by atoms with Gasteiger partial charge in [-0.15, -0.1) is 0 Å². The van der Waals surface area contributed by atoms with Gasteiger partial charge in [0.15, 0.2) is 0 Å². The van der Waals surface area contributed by atoms with Gasteiger partial charge in [0, 0.05) is 18.4 Å². The van der Waals surface area contributed by atoms with Crippen molar-refractivity contribution in [2.45, 2.75) is 52.4 Å². The maximum atomic E-state index is 2.37. The Morgan fingerprint density at radius 3 is 2.33 bits per heavy atom. The first-order valence-electron chi connectivity index (χ1n) is 7.36. The molecule has 0 heterocycles. The minimum Gasteiger partial charge on any atom is -0.348 e. The number of nitrogens with zero attached hydrogens (tertiary/aromatic N) is 1. The van der Waals surface area contributed by atoms with E-state index in [1.54, 1.807) is 0 Å². The molecule has 0 radical (unpaired) electrons. The van der Waals surface area contributed by atoms with Crippen LogP contribution in [0.25, 0.3) is 0 Å². The van der Waals surface area contributed by atoms with E-state index in [2.05, 4.69) is 61.4 Å². The number of para-hydroxylation sites is 1. The molecule has 1 aromatic carbocycles. The molecule has 0 unspecified atom stereocenters. The van der Waals surface area contributed by atoms with Crippen molar-refractivity contribution in [3.8, 4) is 0 Å². The molecule has 1 nitrogen and oxygen atoms in total. The van der Waals surface area contributed by atoms with Gasteiger partial charge in [-0.25, -0.2) is 0 Å². The van der Waals surface area contributed by atoms with E-state index in [0.29, 0.717) is 0 Å². The highest BCUT2D eigenvalue weighted by Gasteiger charge is 2.00. The molecule has 0 bridgehead atoms. The molecule has 0 spiro atoms. The minimum atomic E-state index is 1.12. The Hall–Kier alpha value is -1.24. The van der Waals surface area contributed by atoms with Crippen molar-refractivity contribution >= 4 is 5.69 Å². The highest BCUT2D eigenvalue weighted by Crippen LogP contribution is 2.15. The largest absolute Gasteiger partial charge is 0.348 e. The molecule has 0 N–H and O–H groups in total. The Morgan fingerprint density at radius 2 is 1.67 bits per heavy atom. The molecule has 0 aliphatic heterocycles. The lowest BCUT2D eigenvalue weighted by Crippen LogP contribution is -2.17. The summed E-state index contributed by atoms with van der Waals surface area (Å²) in [5.41, 5.74) is 1.30. The van der Waals surface area contributed by atoms with Crippen LogP contribution in [0.1, 0.15) is 52.4 Å². The Balaban J connectivity index is 2.50. The summed E-state index contributed by atoms with van der Waals surface area (Å²) in [5, 5.41) is 0. The second kappa shape index (κ2) is 9.76. The summed E-state index contributed by atoms with van der Waals surface area (Å²) in [6.07, 6.45) is 12.2. The summed E-state index contributed by atoms with van der Waals surface area (Å²) >= 11 is 0. The van der Waals surface area contributed by atoms with Crippen molar-refractivity contribution in [3.63, 3.8) is 0 Å². The SMILES string of the molecule is CCCCCC=CN(CCCC)c1ccccc1. The van der Waals surface area contributed by atoms with E-state index in [9.17, 15) is 0 Å². The zero-order valence-electron chi connectivity index (χ0n) is 11.9. The van der Waals surface area contributed by atoms with Crippen LogP contribution in [0.5, 0.6) is 0 Å². The average molecular weight is 245 g/mol. The highest BCUT2D eigenvalue weighted by molar-refractivity contribution is 5.48. The zero-order valence-corrected chi connectivity index (χ0v) is 11.9. The van der Waals surface area contributed by atoms with Crippen LogP contribution >= 0.6 is 0 Å². The van der Waals surface area contributed by atoms with Crippen LogP contribution in [-0.4, -0.2) is 6.54 Å². The average Bonchev–Trinajstić information content (AvgIpc) is 2.43. The van der Waals surface area contributed by atoms with Crippen LogP contribution in [0.15, 0.2) is 42.6 Å². The Kier molecular flexibility index (Phi) is 8.03. The van der Waals surface area contributed by atoms with E-state index in [1.165, 1.54) is 44.2 Å². The summed E-state index contributed by atoms with van der Waals surface area (Å²) in [4.78, 5) is 2.37. The van der Waals surface area contributed by atoms with E-state index in [-0.39, 0.29) is 0 Å². The molecule has 0 amide bonds. The van der Waals surface area contributed by atoms with Crippen molar-refractivity contribution in [2.75, 3.05) is 11.4 Å². The molecule has 1 heteroatoms. The molecular formula is C17H27N. The molecule has 1 aromatic rings. The maximum absolute atomic E-state index is 2.37. The second-order valence-corrected chi connectivity index (χ2v) is 4.76. The normalized spacial score (nSPS) is 11.0. The number of anilines is 1. The van der Waals surface area contributed by atoms with Gasteiger partial charge in [0.05, 0.1) is 0 Å². The van der Waals surface area contributed by atoms with Crippen LogP contribution in [0.4, 0.5) is 5.69 Å². The lowest BCUT2D eigenvalue weighted by atomic mass is 10.2. The van der Waals surface area contributed by atoms with Crippen LogP contribution < -0.4 is 4.90 Å². The van der Waals surface area contributed by atoms with Crippen molar-refractivity contribution in [2.24, 2.45) is 0 Å². The Morgan fingerprint density at radius 1 is 0.944 bits per heavy atom. The van der Waals surface area contributed by atoms with E-state index >= 15 is 0 Å². The maximum Gasteiger partial charge on any atom is 0.0405 e. The molecule has 0 aromatic heterocycles. The first kappa shape index (κ1) is 14.8. The lowest BCUT2D eigenvalue weighted by Gasteiger charge is -2.20. The predicted octanol–water partition coefficient (Wildman–Crippen LogP) is 5.39. The van der Waals surface area contributed by atoms with Gasteiger partial charge in [0.1, 0.15) is 0 Å². The summed E-state index contributed by atoms with van der Waals surface area (Å²) in [5.74, 6) is 0. The third-order valence-electron chi connectivity index (χ3n) is 3.10. The minimum absolute atomic E-state index is 1.12. The molecular weight excluding hydrogens is 218 g/mol. The molecule has 0 atom stereocenters. The van der Waals surface area contributed by atoms with E-state index in [4.69, 9.17) is 0 Å². The molecule has 0 fully saturated rings. The standard InChI is InChI=1S/C17H27N/c1-3-5-7-8-12-16-18(15-6-4-2)17-13-10-9-11-14-17/h9-14,16H,3-8,15H2,1-2H3. The first-order chi connectivity index (χ1) is 8.88. The first-order valence-corrected chi connectivity index (χ1v) is 7.36. The summed E-state index contributed by atoms with van der Waals surface area (Å²) in [6, 6.07) is 10.7. The molecule has 1 rings (SSSR count). The predicted molar refractivity (Wildman–Crippen MR) is 82.0 cm³/mol. The van der Waals surface area contributed by atoms with Gasteiger partial charge < -0.3 is 4.90 Å². The summed E-state index contributed by atoms with van der Waals surface area (Å²) in [7, 11) is 0. The number of rotatable bonds is 9. The molecule has 0 saturated carbocycles. The lowest BCUT2D eigenvalue weighted by molar-refractivity contribution is 0.726. The fraction of sp³-hybridized carbons (Fsp3) is 0.529. The highest BCUT2D eigenvalue weighted by atomic mass is 15.1. The third-order valence-corrected chi connectivity index (χ3v) is 3.10. The van der Waals surface area contributed by atoms with Gasteiger partial charge in [-0.1, -0.05) is 57.4 Å². The van der Waals surface area contributed by atoms with Gasteiger partial charge in [-0.3, -0.25) is 0 Å². The van der Waals surface area contributed by atoms with E-state index in [0.717, 1.165) is 6.54 Å². The molecule has 0 aliphatic rings. The fourth-order valence-corrected chi connectivity index (χ4v) is 1.95. The van der Waals surface area contributed by atoms with Gasteiger partial charge in [-0.05, 0) is 31.4 Å². The number of unbranched alkanes of at least 4 members (excludes halogenated alkanes) is 4. The topological polar surface area (TPSA) is 3.24 Å². The van der Waals surface area contributed by atoms with E-state index < -0.39 is 0 Å². The van der Waals surface area contributed by atoms with Crippen molar-refractivity contribution < 1.29 is 0 Å². The quantitative estimate of drug-likeness (QED) is 0.527. The molecule has 100 valence electrons. The van der Waals surface area contributed by atoms with Crippen molar-refractivity contribution in [1.29, 1.82) is 0 Å². The van der Waals surface area contributed by atoms with Gasteiger partial charge in [0.2, 0.25) is 0 Å². The van der Waals surface area contributed by atoms with Crippen molar-refractivity contribution in [3.05, 3.63) is 42.6 Å². The van der Waals surface area contributed by atoms with E-state index in [1.807, 2.05) is 0 Å². The Labute approximate surface area is 113 Å². The van der Waals surface area contributed by atoms with Crippen molar-refractivity contribution in [1.82, 2.24) is 0 Å². The fourth-order valence-electron chi connectivity index (χ4n) is 1.95. The zero-order chi connectivity index (χ0) is 13.1. The summed E-state index contributed by atoms with van der Waals surface area (Å²) in [6.45, 7) is 5.61. The monoisotopic (exact) mass is 245 g/mol.